The third-order valence-corrected chi connectivity index (χ3v) is 5.72. The molecule has 7 nitrogen and oxygen atoms in total. The average Bonchev–Trinajstić information content (AvgIpc) is 2.82. The van der Waals surface area contributed by atoms with Crippen molar-refractivity contribution in [1.29, 1.82) is 0 Å². The van der Waals surface area contributed by atoms with Gasteiger partial charge in [-0.15, -0.1) is 0 Å². The van der Waals surface area contributed by atoms with E-state index >= 15 is 0 Å². The van der Waals surface area contributed by atoms with E-state index in [1.165, 1.54) is 0 Å². The quantitative estimate of drug-likeness (QED) is 0.812. The first-order valence-corrected chi connectivity index (χ1v) is 9.91. The van der Waals surface area contributed by atoms with Gasteiger partial charge in [0.2, 0.25) is 5.91 Å². The summed E-state index contributed by atoms with van der Waals surface area (Å²) in [5.41, 5.74) is 2.47. The molecule has 2 aromatic heterocycles. The summed E-state index contributed by atoms with van der Waals surface area (Å²) in [6, 6.07) is 5.93. The van der Waals surface area contributed by atoms with Crippen LogP contribution in [0.3, 0.4) is 0 Å². The summed E-state index contributed by atoms with van der Waals surface area (Å²) >= 11 is 0. The third kappa shape index (κ3) is 3.99. The van der Waals surface area contributed by atoms with Crippen LogP contribution in [0.25, 0.3) is 0 Å². The molecule has 0 N–H and O–H groups in total. The van der Waals surface area contributed by atoms with Crippen LogP contribution in [0.5, 0.6) is 0 Å². The lowest BCUT2D eigenvalue weighted by Crippen LogP contribution is -2.47. The molecule has 0 saturated carbocycles. The van der Waals surface area contributed by atoms with Crippen LogP contribution in [0.2, 0.25) is 0 Å². The van der Waals surface area contributed by atoms with Crippen molar-refractivity contribution in [2.45, 2.75) is 45.3 Å². The molecule has 2 aliphatic rings. The number of amides is 1. The molecular formula is C21H27N5O2. The Labute approximate surface area is 165 Å². The molecule has 2 saturated heterocycles. The van der Waals surface area contributed by atoms with Crippen LogP contribution >= 0.6 is 0 Å². The van der Waals surface area contributed by atoms with Gasteiger partial charge >= 0.3 is 0 Å². The number of carbonyl (C=O) groups excluding carboxylic acids is 1. The normalized spacial score (nSPS) is 19.7. The van der Waals surface area contributed by atoms with Gasteiger partial charge in [0.05, 0.1) is 36.6 Å². The van der Waals surface area contributed by atoms with Crippen molar-refractivity contribution in [3.05, 3.63) is 47.7 Å². The fourth-order valence-electron chi connectivity index (χ4n) is 4.14. The fraction of sp³-hybridized carbons (Fsp3) is 0.524. The van der Waals surface area contributed by atoms with Crippen molar-refractivity contribution in [2.75, 3.05) is 31.1 Å². The molecule has 7 heteroatoms. The Bertz CT molecular complexity index is 848. The van der Waals surface area contributed by atoms with Crippen molar-refractivity contribution >= 4 is 11.7 Å². The minimum Gasteiger partial charge on any atom is -0.372 e. The SMILES string of the molecule is Cc1cccc(CN2CCOC3(CCN(c4nccnc4C)CC3)CC2=O)n1. The van der Waals surface area contributed by atoms with Crippen molar-refractivity contribution in [3.8, 4) is 0 Å². The molecule has 0 unspecified atom stereocenters. The van der Waals surface area contributed by atoms with Gasteiger partial charge in [-0.25, -0.2) is 4.98 Å². The molecule has 0 atom stereocenters. The molecule has 2 aromatic rings. The second kappa shape index (κ2) is 7.83. The first-order chi connectivity index (χ1) is 13.5. The molecule has 0 aromatic carbocycles. The maximum atomic E-state index is 13.0. The van der Waals surface area contributed by atoms with E-state index in [2.05, 4.69) is 19.9 Å². The number of piperidine rings is 1. The number of carbonyl (C=O) groups is 1. The number of aromatic nitrogens is 3. The molecule has 1 spiro atoms. The second-order valence-corrected chi connectivity index (χ2v) is 7.75. The Morgan fingerprint density at radius 2 is 1.89 bits per heavy atom. The lowest BCUT2D eigenvalue weighted by Gasteiger charge is -2.41. The molecule has 4 heterocycles. The van der Waals surface area contributed by atoms with Gasteiger partial charge in [0.25, 0.3) is 0 Å². The van der Waals surface area contributed by atoms with E-state index in [0.29, 0.717) is 26.1 Å². The molecular weight excluding hydrogens is 354 g/mol. The lowest BCUT2D eigenvalue weighted by molar-refractivity contribution is -0.134. The summed E-state index contributed by atoms with van der Waals surface area (Å²) in [6.45, 7) is 7.34. The molecule has 2 fully saturated rings. The van der Waals surface area contributed by atoms with E-state index in [0.717, 1.165) is 48.8 Å². The van der Waals surface area contributed by atoms with Crippen molar-refractivity contribution in [1.82, 2.24) is 19.9 Å². The Kier molecular flexibility index (Phi) is 5.26. The van der Waals surface area contributed by atoms with Gasteiger partial charge in [0, 0.05) is 37.7 Å². The number of pyridine rings is 1. The van der Waals surface area contributed by atoms with Crippen LogP contribution in [0, 0.1) is 13.8 Å². The zero-order valence-electron chi connectivity index (χ0n) is 16.6. The van der Waals surface area contributed by atoms with Gasteiger partial charge in [-0.1, -0.05) is 6.07 Å². The Balaban J connectivity index is 1.41. The summed E-state index contributed by atoms with van der Waals surface area (Å²) in [7, 11) is 0. The zero-order chi connectivity index (χ0) is 19.6. The highest BCUT2D eigenvalue weighted by Crippen LogP contribution is 2.34. The van der Waals surface area contributed by atoms with Crippen molar-refractivity contribution < 1.29 is 9.53 Å². The number of anilines is 1. The van der Waals surface area contributed by atoms with Gasteiger partial charge in [-0.2, -0.15) is 0 Å². The predicted molar refractivity (Wildman–Crippen MR) is 106 cm³/mol. The highest BCUT2D eigenvalue weighted by Gasteiger charge is 2.41. The van der Waals surface area contributed by atoms with Crippen LogP contribution in [-0.2, 0) is 16.1 Å². The summed E-state index contributed by atoms with van der Waals surface area (Å²) in [6.07, 6.45) is 5.54. The van der Waals surface area contributed by atoms with Crippen LogP contribution in [0.15, 0.2) is 30.6 Å². The smallest absolute Gasteiger partial charge is 0.225 e. The number of rotatable bonds is 3. The minimum absolute atomic E-state index is 0.157. The van der Waals surface area contributed by atoms with Crippen LogP contribution in [-0.4, -0.2) is 57.6 Å². The molecule has 2 aliphatic heterocycles. The number of hydrogen-bond donors (Lipinski definition) is 0. The van der Waals surface area contributed by atoms with E-state index in [-0.39, 0.29) is 11.5 Å². The van der Waals surface area contributed by atoms with E-state index in [4.69, 9.17) is 4.74 Å². The molecule has 1 amide bonds. The third-order valence-electron chi connectivity index (χ3n) is 5.72. The van der Waals surface area contributed by atoms with Crippen LogP contribution in [0.1, 0.15) is 36.3 Å². The zero-order valence-corrected chi connectivity index (χ0v) is 16.6. The van der Waals surface area contributed by atoms with Gasteiger partial charge < -0.3 is 14.5 Å². The van der Waals surface area contributed by atoms with E-state index in [1.807, 2.05) is 36.9 Å². The molecule has 4 rings (SSSR count). The summed E-state index contributed by atoms with van der Waals surface area (Å²) in [5.74, 6) is 1.09. The predicted octanol–water partition coefficient (Wildman–Crippen LogP) is 2.28. The standard InChI is InChI=1S/C21H27N5O2/c1-16-4-3-5-18(24-16)15-26-12-13-28-21(14-19(26)27)6-10-25(11-7-21)20-17(2)22-8-9-23-20/h3-5,8-9H,6-7,10-15H2,1-2H3. The summed E-state index contributed by atoms with van der Waals surface area (Å²) in [5, 5.41) is 0. The first kappa shape index (κ1) is 18.8. The minimum atomic E-state index is -0.363. The first-order valence-electron chi connectivity index (χ1n) is 9.91. The molecule has 0 bridgehead atoms. The van der Waals surface area contributed by atoms with Gasteiger partial charge in [0.15, 0.2) is 0 Å². The Hall–Kier alpha value is -2.54. The van der Waals surface area contributed by atoms with Crippen LogP contribution in [0.4, 0.5) is 5.82 Å². The van der Waals surface area contributed by atoms with Gasteiger partial charge in [0.1, 0.15) is 5.82 Å². The summed E-state index contributed by atoms with van der Waals surface area (Å²) < 4.78 is 6.26. The Morgan fingerprint density at radius 3 is 2.64 bits per heavy atom. The summed E-state index contributed by atoms with van der Waals surface area (Å²) in [4.78, 5) is 30.4. The Morgan fingerprint density at radius 1 is 1.11 bits per heavy atom. The van der Waals surface area contributed by atoms with E-state index < -0.39 is 0 Å². The lowest BCUT2D eigenvalue weighted by atomic mass is 9.87. The number of ether oxygens (including phenoxy) is 1. The van der Waals surface area contributed by atoms with Crippen LogP contribution < -0.4 is 4.90 Å². The number of aryl methyl sites for hydroxylation is 2. The van der Waals surface area contributed by atoms with Crippen molar-refractivity contribution in [2.24, 2.45) is 0 Å². The van der Waals surface area contributed by atoms with E-state index in [1.54, 1.807) is 12.4 Å². The second-order valence-electron chi connectivity index (χ2n) is 7.75. The molecule has 148 valence electrons. The largest absolute Gasteiger partial charge is 0.372 e. The van der Waals surface area contributed by atoms with Gasteiger partial charge in [-0.3, -0.25) is 14.8 Å². The van der Waals surface area contributed by atoms with E-state index in [9.17, 15) is 4.79 Å². The fourth-order valence-corrected chi connectivity index (χ4v) is 4.14. The molecule has 0 radical (unpaired) electrons. The maximum Gasteiger partial charge on any atom is 0.225 e. The number of hydrogen-bond acceptors (Lipinski definition) is 6. The highest BCUT2D eigenvalue weighted by molar-refractivity contribution is 5.77. The molecule has 0 aliphatic carbocycles. The molecule has 28 heavy (non-hydrogen) atoms. The van der Waals surface area contributed by atoms with Gasteiger partial charge in [-0.05, 0) is 38.8 Å². The maximum absolute atomic E-state index is 13.0. The van der Waals surface area contributed by atoms with Crippen molar-refractivity contribution in [3.63, 3.8) is 0 Å². The topological polar surface area (TPSA) is 71.5 Å². The number of nitrogens with zero attached hydrogens (tertiary/aromatic N) is 5. The monoisotopic (exact) mass is 381 g/mol. The average molecular weight is 381 g/mol. The highest BCUT2D eigenvalue weighted by atomic mass is 16.5.